The molecule has 44 heavy (non-hydrogen) atoms. The Morgan fingerprint density at radius 3 is 1.61 bits per heavy atom. The van der Waals surface area contributed by atoms with E-state index in [0.29, 0.717) is 9.54 Å². The van der Waals surface area contributed by atoms with Crippen molar-refractivity contribution in [3.63, 3.8) is 0 Å². The summed E-state index contributed by atoms with van der Waals surface area (Å²) in [5, 5.41) is 0. The van der Waals surface area contributed by atoms with Crippen molar-refractivity contribution in [1.82, 2.24) is 0 Å². The molecule has 0 amide bonds. The van der Waals surface area contributed by atoms with E-state index < -0.39 is 21.3 Å². The summed E-state index contributed by atoms with van der Waals surface area (Å²) in [6.45, 7) is 24.1. The van der Waals surface area contributed by atoms with E-state index in [-0.39, 0.29) is 41.1 Å². The Morgan fingerprint density at radius 2 is 1.18 bits per heavy atom. The average molecular weight is 705 g/mol. The first kappa shape index (κ1) is 34.1. The monoisotopic (exact) mass is 702 g/mol. The molecule has 1 atom stereocenters. The fourth-order valence-corrected chi connectivity index (χ4v) is 19.0. The summed E-state index contributed by atoms with van der Waals surface area (Å²) in [5.74, 6) is 0.570. The van der Waals surface area contributed by atoms with Gasteiger partial charge in [0, 0.05) is 0 Å². The van der Waals surface area contributed by atoms with Crippen molar-refractivity contribution < 1.29 is 46.1 Å². The third-order valence-corrected chi connectivity index (χ3v) is 20.3. The molecular weight excluding hydrogens is 655 g/mol. The van der Waals surface area contributed by atoms with Crippen LogP contribution in [0.3, 0.4) is 0 Å². The second-order valence-electron chi connectivity index (χ2n) is 16.3. The predicted octanol–water partition coefficient (Wildman–Crippen LogP) is 5.41. The number of hydrogen-bond acceptors (Lipinski definition) is 0. The largest absolute Gasteiger partial charge is 1.00 e. The van der Waals surface area contributed by atoms with E-state index >= 15 is 0 Å². The molecule has 1 fully saturated rings. The third kappa shape index (κ3) is 5.24. The number of halogens is 2. The molecule has 0 radical (unpaired) electrons. The van der Waals surface area contributed by atoms with Crippen LogP contribution in [0.5, 0.6) is 0 Å². The van der Waals surface area contributed by atoms with Crippen LogP contribution in [0.2, 0.25) is 0 Å². The van der Waals surface area contributed by atoms with Gasteiger partial charge in [0.25, 0.3) is 0 Å². The molecule has 2 aromatic carbocycles. The first-order chi connectivity index (χ1) is 19.7. The summed E-state index contributed by atoms with van der Waals surface area (Å²) in [7, 11) is 0. The molecule has 0 aromatic heterocycles. The second kappa shape index (κ2) is 11.5. The molecule has 0 nitrogen and oxygen atoms in total. The summed E-state index contributed by atoms with van der Waals surface area (Å²) >= 11 is -2.38. The molecule has 0 spiro atoms. The molecule has 0 heterocycles. The average Bonchev–Trinajstić information content (AvgIpc) is 3.58. The van der Waals surface area contributed by atoms with E-state index in [9.17, 15) is 0 Å². The first-order valence-corrected chi connectivity index (χ1v) is 20.5. The van der Waals surface area contributed by atoms with E-state index in [0.717, 1.165) is 0 Å². The molecule has 0 saturated heterocycles. The molecular formula is C41H50Cl2Zr. The molecule has 1 unspecified atom stereocenters. The minimum absolute atomic E-state index is 0. The van der Waals surface area contributed by atoms with Crippen molar-refractivity contribution in [2.75, 3.05) is 0 Å². The Labute approximate surface area is 287 Å². The maximum absolute atomic E-state index is 2.73. The summed E-state index contributed by atoms with van der Waals surface area (Å²) in [6.07, 6.45) is 17.3. The Hall–Kier alpha value is -1.27. The smallest absolute Gasteiger partial charge is 1.00 e. The number of hydrogen-bond donors (Lipinski definition) is 0. The van der Waals surface area contributed by atoms with Gasteiger partial charge in [0.2, 0.25) is 0 Å². The maximum Gasteiger partial charge on any atom is -1.00 e. The van der Waals surface area contributed by atoms with Crippen LogP contribution in [0.1, 0.15) is 138 Å². The SMILES string of the molecule is CC1=CC(C)(C)c2cc3c(cc21)-c1cc2c(cc1[CH]3[Zr+2]([C]1=CC(C(C)(C)C)=CC1C)=[C]1CCCCC1)C(C)(C)C=C2C.[Cl-].[Cl-]. The van der Waals surface area contributed by atoms with Gasteiger partial charge in [-0.2, -0.15) is 0 Å². The first-order valence-electron chi connectivity index (χ1n) is 16.6. The zero-order valence-corrected chi connectivity index (χ0v) is 32.5. The van der Waals surface area contributed by atoms with Crippen LogP contribution < -0.4 is 24.8 Å². The van der Waals surface area contributed by atoms with Crippen LogP contribution in [0, 0.1) is 11.3 Å². The Kier molecular flexibility index (Phi) is 8.88. The van der Waals surface area contributed by atoms with Crippen LogP contribution in [-0.2, 0) is 32.1 Å². The van der Waals surface area contributed by atoms with Gasteiger partial charge < -0.3 is 24.8 Å². The van der Waals surface area contributed by atoms with E-state index in [1.54, 1.807) is 39.0 Å². The molecule has 5 aliphatic rings. The molecule has 0 bridgehead atoms. The molecule has 5 aliphatic carbocycles. The molecule has 232 valence electrons. The third-order valence-electron chi connectivity index (χ3n) is 11.2. The molecule has 1 saturated carbocycles. The van der Waals surface area contributed by atoms with Gasteiger partial charge in [-0.1, -0.05) is 0 Å². The predicted molar refractivity (Wildman–Crippen MR) is 180 cm³/mol. The van der Waals surface area contributed by atoms with E-state index in [4.69, 9.17) is 0 Å². The fourth-order valence-electron chi connectivity index (χ4n) is 9.09. The van der Waals surface area contributed by atoms with Gasteiger partial charge in [0.1, 0.15) is 0 Å². The van der Waals surface area contributed by atoms with Crippen molar-refractivity contribution in [2.24, 2.45) is 11.3 Å². The Balaban J connectivity index is 0.00000192. The van der Waals surface area contributed by atoms with Gasteiger partial charge in [-0.15, -0.1) is 0 Å². The van der Waals surface area contributed by atoms with Crippen LogP contribution in [0.4, 0.5) is 0 Å². The van der Waals surface area contributed by atoms with Gasteiger partial charge in [-0.05, 0) is 0 Å². The number of allylic oxidation sites excluding steroid dienone is 8. The van der Waals surface area contributed by atoms with Crippen molar-refractivity contribution in [2.45, 2.75) is 116 Å². The quantitative estimate of drug-likeness (QED) is 0.393. The van der Waals surface area contributed by atoms with Crippen molar-refractivity contribution in [3.8, 4) is 11.1 Å². The summed E-state index contributed by atoms with van der Waals surface area (Å²) < 4.78 is 4.46. The van der Waals surface area contributed by atoms with Crippen molar-refractivity contribution in [1.29, 1.82) is 0 Å². The fraction of sp³-hybridized carbons (Fsp3) is 0.488. The Bertz CT molecular complexity index is 1620. The standard InChI is InChI=1S/C25H25.C10H15.C6H10.2ClH.Zr/c1-14-12-24(3,4)22-8-16-7-17-9-23-19(15(2)13-25(23,5)6)11-21(17)20(16)10-18(14)22;1-8-5-6-9(7-8)10(2,3)4;1-2-4-6-5-3-1;;;/h7-13H,1-6H3;6-8H,1-4H3;1-5H2;2*1H;/q;;;;;+2/p-2. The van der Waals surface area contributed by atoms with Crippen molar-refractivity contribution >= 4 is 14.4 Å². The zero-order valence-electron chi connectivity index (χ0n) is 28.6. The van der Waals surface area contributed by atoms with E-state index in [1.165, 1.54) is 54.4 Å². The topological polar surface area (TPSA) is 0 Å². The second-order valence-corrected chi connectivity index (χ2v) is 22.9. The van der Waals surface area contributed by atoms with Gasteiger partial charge in [-0.3, -0.25) is 0 Å². The normalized spacial score (nSPS) is 22.3. The van der Waals surface area contributed by atoms with Crippen LogP contribution >= 0.6 is 0 Å². The number of rotatable bonds is 2. The van der Waals surface area contributed by atoms with Crippen LogP contribution in [-0.4, -0.2) is 3.21 Å². The van der Waals surface area contributed by atoms with E-state index in [1.807, 2.05) is 6.49 Å². The Morgan fingerprint density at radius 1 is 0.705 bits per heavy atom. The summed E-state index contributed by atoms with van der Waals surface area (Å²) in [4.78, 5) is 0. The van der Waals surface area contributed by atoms with Crippen LogP contribution in [0.25, 0.3) is 22.3 Å². The zero-order chi connectivity index (χ0) is 29.9. The van der Waals surface area contributed by atoms with Gasteiger partial charge >= 0.3 is 265 Å². The number of fused-ring (bicyclic) bond motifs is 5. The summed E-state index contributed by atoms with van der Waals surface area (Å²) in [5.41, 5.74) is 17.4. The van der Waals surface area contributed by atoms with Gasteiger partial charge in [0.05, 0.1) is 0 Å². The molecule has 2 aromatic rings. The molecule has 3 heteroatoms. The van der Waals surface area contributed by atoms with E-state index in [2.05, 4.69) is 118 Å². The molecule has 0 N–H and O–H groups in total. The minimum atomic E-state index is -2.38. The van der Waals surface area contributed by atoms with Gasteiger partial charge in [0.15, 0.2) is 0 Å². The summed E-state index contributed by atoms with van der Waals surface area (Å²) in [6, 6.07) is 10.7. The number of benzene rings is 2. The maximum atomic E-state index is 2.73. The molecule has 7 rings (SSSR count). The van der Waals surface area contributed by atoms with Crippen molar-refractivity contribution in [3.05, 3.63) is 90.8 Å². The van der Waals surface area contributed by atoms with Crippen LogP contribution in [0.15, 0.2) is 57.4 Å². The minimum Gasteiger partial charge on any atom is -1.00 e. The van der Waals surface area contributed by atoms with Gasteiger partial charge in [-0.25, -0.2) is 0 Å². The molecule has 0 aliphatic heterocycles.